The van der Waals surface area contributed by atoms with Gasteiger partial charge in [0, 0.05) is 19.1 Å². The standard InChI is InChI=1S/C18H28N2O/c1-3-17(15-10-6-4-7-11-15)19-14-18(21)20(2)16-12-8-5-9-13-16/h4,6-7,10-11,16-17,19H,3,5,8-9,12-14H2,1-2H3. The van der Waals surface area contributed by atoms with E-state index in [-0.39, 0.29) is 11.9 Å². The summed E-state index contributed by atoms with van der Waals surface area (Å²) < 4.78 is 0. The summed E-state index contributed by atoms with van der Waals surface area (Å²) in [6.45, 7) is 2.58. The van der Waals surface area contributed by atoms with Crippen molar-refractivity contribution in [1.29, 1.82) is 0 Å². The number of amides is 1. The van der Waals surface area contributed by atoms with E-state index >= 15 is 0 Å². The number of carbonyl (C=O) groups excluding carboxylic acids is 1. The second kappa shape index (κ2) is 8.18. The molecule has 0 bridgehead atoms. The molecule has 3 heteroatoms. The Morgan fingerprint density at radius 3 is 2.52 bits per heavy atom. The van der Waals surface area contributed by atoms with Crippen LogP contribution in [0, 0.1) is 0 Å². The number of benzene rings is 1. The Labute approximate surface area is 128 Å². The van der Waals surface area contributed by atoms with E-state index in [9.17, 15) is 4.79 Å². The van der Waals surface area contributed by atoms with Crippen molar-refractivity contribution in [3.8, 4) is 0 Å². The summed E-state index contributed by atoms with van der Waals surface area (Å²) in [5, 5.41) is 3.41. The number of nitrogens with zero attached hydrogens (tertiary/aromatic N) is 1. The second-order valence-electron chi connectivity index (χ2n) is 6.05. The zero-order valence-corrected chi connectivity index (χ0v) is 13.3. The maximum absolute atomic E-state index is 12.4. The van der Waals surface area contributed by atoms with E-state index in [4.69, 9.17) is 0 Å². The monoisotopic (exact) mass is 288 g/mol. The van der Waals surface area contributed by atoms with Crippen molar-refractivity contribution >= 4 is 5.91 Å². The number of hydrogen-bond donors (Lipinski definition) is 1. The van der Waals surface area contributed by atoms with Gasteiger partial charge in [-0.2, -0.15) is 0 Å². The van der Waals surface area contributed by atoms with Gasteiger partial charge in [-0.05, 0) is 24.8 Å². The van der Waals surface area contributed by atoms with Gasteiger partial charge in [0.15, 0.2) is 0 Å². The summed E-state index contributed by atoms with van der Waals surface area (Å²) in [5.41, 5.74) is 1.26. The van der Waals surface area contributed by atoms with Crippen LogP contribution >= 0.6 is 0 Å². The zero-order chi connectivity index (χ0) is 15.1. The van der Waals surface area contributed by atoms with Crippen LogP contribution in [0.5, 0.6) is 0 Å². The van der Waals surface area contributed by atoms with Crippen molar-refractivity contribution < 1.29 is 4.79 Å². The van der Waals surface area contributed by atoms with Gasteiger partial charge in [-0.25, -0.2) is 0 Å². The third kappa shape index (κ3) is 4.57. The highest BCUT2D eigenvalue weighted by Gasteiger charge is 2.22. The topological polar surface area (TPSA) is 32.3 Å². The van der Waals surface area contributed by atoms with Gasteiger partial charge in [-0.3, -0.25) is 4.79 Å². The molecule has 1 amide bonds. The van der Waals surface area contributed by atoms with Crippen molar-refractivity contribution in [2.75, 3.05) is 13.6 Å². The molecule has 1 saturated carbocycles. The lowest BCUT2D eigenvalue weighted by atomic mass is 9.94. The van der Waals surface area contributed by atoms with Crippen molar-refractivity contribution in [1.82, 2.24) is 10.2 Å². The van der Waals surface area contributed by atoms with E-state index < -0.39 is 0 Å². The van der Waals surface area contributed by atoms with Gasteiger partial charge >= 0.3 is 0 Å². The van der Waals surface area contributed by atoms with Crippen LogP contribution in [0.25, 0.3) is 0 Å². The van der Waals surface area contributed by atoms with Crippen LogP contribution in [0.15, 0.2) is 30.3 Å². The van der Waals surface area contributed by atoms with Gasteiger partial charge < -0.3 is 10.2 Å². The first-order valence-corrected chi connectivity index (χ1v) is 8.26. The molecule has 0 aliphatic heterocycles. The van der Waals surface area contributed by atoms with Crippen LogP contribution < -0.4 is 5.32 Å². The van der Waals surface area contributed by atoms with Crippen molar-refractivity contribution in [2.45, 2.75) is 57.5 Å². The van der Waals surface area contributed by atoms with Gasteiger partial charge in [-0.1, -0.05) is 56.5 Å². The first-order chi connectivity index (χ1) is 10.2. The fourth-order valence-electron chi connectivity index (χ4n) is 3.19. The van der Waals surface area contributed by atoms with E-state index in [0.29, 0.717) is 12.6 Å². The minimum absolute atomic E-state index is 0.219. The molecule has 0 heterocycles. The molecule has 1 unspecified atom stereocenters. The molecule has 1 aromatic carbocycles. The van der Waals surface area contributed by atoms with Gasteiger partial charge in [0.05, 0.1) is 6.54 Å². The lowest BCUT2D eigenvalue weighted by Crippen LogP contribution is -2.43. The smallest absolute Gasteiger partial charge is 0.236 e. The first kappa shape index (κ1) is 16.0. The summed E-state index contributed by atoms with van der Waals surface area (Å²) in [6, 6.07) is 11.1. The van der Waals surface area contributed by atoms with Gasteiger partial charge in [0.25, 0.3) is 0 Å². The van der Waals surface area contributed by atoms with E-state index in [0.717, 1.165) is 19.3 Å². The lowest BCUT2D eigenvalue weighted by molar-refractivity contribution is -0.131. The molecular weight excluding hydrogens is 260 g/mol. The SMILES string of the molecule is CCC(NCC(=O)N(C)C1CCCCC1)c1ccccc1. The Hall–Kier alpha value is -1.35. The number of hydrogen-bond acceptors (Lipinski definition) is 2. The van der Waals surface area contributed by atoms with E-state index in [1.54, 1.807) is 0 Å². The molecule has 1 atom stereocenters. The van der Waals surface area contributed by atoms with Crippen LogP contribution in [-0.4, -0.2) is 30.4 Å². The molecule has 2 rings (SSSR count). The molecule has 0 saturated heterocycles. The Bertz CT molecular complexity index is 426. The maximum Gasteiger partial charge on any atom is 0.236 e. The number of nitrogens with one attached hydrogen (secondary N) is 1. The minimum atomic E-state index is 0.219. The second-order valence-corrected chi connectivity index (χ2v) is 6.05. The van der Waals surface area contributed by atoms with E-state index in [2.05, 4.69) is 36.5 Å². The Balaban J connectivity index is 1.84. The molecule has 116 valence electrons. The van der Waals surface area contributed by atoms with Crippen LogP contribution in [0.2, 0.25) is 0 Å². The molecule has 21 heavy (non-hydrogen) atoms. The predicted molar refractivity (Wildman–Crippen MR) is 87.1 cm³/mol. The Morgan fingerprint density at radius 2 is 1.90 bits per heavy atom. The average molecular weight is 288 g/mol. The zero-order valence-electron chi connectivity index (χ0n) is 13.3. The van der Waals surface area contributed by atoms with Crippen molar-refractivity contribution in [3.63, 3.8) is 0 Å². The first-order valence-electron chi connectivity index (χ1n) is 8.26. The number of carbonyl (C=O) groups is 1. The summed E-state index contributed by atoms with van der Waals surface area (Å²) in [5.74, 6) is 0.219. The number of rotatable bonds is 6. The highest BCUT2D eigenvalue weighted by molar-refractivity contribution is 5.78. The molecule has 1 aromatic rings. The van der Waals surface area contributed by atoms with Crippen molar-refractivity contribution in [2.24, 2.45) is 0 Å². The van der Waals surface area contributed by atoms with E-state index in [1.165, 1.54) is 24.8 Å². The summed E-state index contributed by atoms with van der Waals surface area (Å²) >= 11 is 0. The van der Waals surface area contributed by atoms with Crippen LogP contribution in [0.4, 0.5) is 0 Å². The van der Waals surface area contributed by atoms with Gasteiger partial charge in [0.2, 0.25) is 5.91 Å². The predicted octanol–water partition coefficient (Wildman–Crippen LogP) is 3.52. The highest BCUT2D eigenvalue weighted by atomic mass is 16.2. The number of likely N-dealkylation sites (N-methyl/N-ethyl adjacent to an activating group) is 1. The van der Waals surface area contributed by atoms with Crippen LogP contribution in [0.3, 0.4) is 0 Å². The lowest BCUT2D eigenvalue weighted by Gasteiger charge is -2.31. The third-order valence-electron chi connectivity index (χ3n) is 4.63. The molecule has 1 aliphatic carbocycles. The Kier molecular flexibility index (Phi) is 6.24. The molecule has 0 spiro atoms. The van der Waals surface area contributed by atoms with Crippen LogP contribution in [-0.2, 0) is 4.79 Å². The molecule has 1 aliphatic rings. The summed E-state index contributed by atoms with van der Waals surface area (Å²) in [7, 11) is 1.96. The molecule has 0 aromatic heterocycles. The van der Waals surface area contributed by atoms with Crippen LogP contribution in [0.1, 0.15) is 57.1 Å². The minimum Gasteiger partial charge on any atom is -0.342 e. The van der Waals surface area contributed by atoms with Gasteiger partial charge in [0.1, 0.15) is 0 Å². The molecule has 0 radical (unpaired) electrons. The van der Waals surface area contributed by atoms with E-state index in [1.807, 2.05) is 18.0 Å². The summed E-state index contributed by atoms with van der Waals surface area (Å²) in [6.07, 6.45) is 7.16. The fourth-order valence-corrected chi connectivity index (χ4v) is 3.19. The van der Waals surface area contributed by atoms with Gasteiger partial charge in [-0.15, -0.1) is 0 Å². The molecule has 3 nitrogen and oxygen atoms in total. The third-order valence-corrected chi connectivity index (χ3v) is 4.63. The van der Waals surface area contributed by atoms with Crippen molar-refractivity contribution in [3.05, 3.63) is 35.9 Å². The normalized spacial score (nSPS) is 17.4. The summed E-state index contributed by atoms with van der Waals surface area (Å²) in [4.78, 5) is 14.3. The largest absolute Gasteiger partial charge is 0.342 e. The Morgan fingerprint density at radius 1 is 1.24 bits per heavy atom. The quantitative estimate of drug-likeness (QED) is 0.868. The maximum atomic E-state index is 12.4. The molecular formula is C18H28N2O. The average Bonchev–Trinajstić information content (AvgIpc) is 2.56. The molecule has 1 N–H and O–H groups in total. The highest BCUT2D eigenvalue weighted by Crippen LogP contribution is 2.22. The molecule has 1 fully saturated rings. The fraction of sp³-hybridized carbons (Fsp3) is 0.611.